The van der Waals surface area contributed by atoms with Crippen molar-refractivity contribution in [1.82, 2.24) is 19.6 Å². The van der Waals surface area contributed by atoms with Crippen molar-refractivity contribution in [3.8, 4) is 22.8 Å². The van der Waals surface area contributed by atoms with E-state index in [9.17, 15) is 4.39 Å². The van der Waals surface area contributed by atoms with Gasteiger partial charge in [0.2, 0.25) is 0 Å². The highest BCUT2D eigenvalue weighted by Crippen LogP contribution is 2.30. The Morgan fingerprint density at radius 2 is 1.92 bits per heavy atom. The minimum atomic E-state index is -0.369. The maximum absolute atomic E-state index is 13.5. The summed E-state index contributed by atoms with van der Waals surface area (Å²) < 4.78 is 26.1. The van der Waals surface area contributed by atoms with Crippen LogP contribution in [0.15, 0.2) is 60.8 Å². The van der Waals surface area contributed by atoms with Crippen molar-refractivity contribution < 1.29 is 13.9 Å². The number of fused-ring (bicyclic) bond motifs is 1. The van der Waals surface area contributed by atoms with E-state index < -0.39 is 0 Å². The molecule has 0 aliphatic carbocycles. The van der Waals surface area contributed by atoms with Gasteiger partial charge in [-0.05, 0) is 30.3 Å². The van der Waals surface area contributed by atoms with Crippen LogP contribution in [0, 0.1) is 5.82 Å². The number of halogens is 1. The number of nitrogens with zero attached hydrogens (tertiary/aromatic N) is 4. The smallest absolute Gasteiger partial charge is 0.253 e. The van der Waals surface area contributed by atoms with E-state index in [1.807, 2.05) is 30.3 Å². The molecule has 130 valence electrons. The molecule has 2 aromatic carbocycles. The number of para-hydroxylation sites is 1. The maximum atomic E-state index is 13.5. The first-order valence-corrected chi connectivity index (χ1v) is 7.97. The minimum Gasteiger partial charge on any atom is -0.496 e. The Kier molecular flexibility index (Phi) is 4.18. The van der Waals surface area contributed by atoms with Gasteiger partial charge < -0.3 is 9.47 Å². The summed E-state index contributed by atoms with van der Waals surface area (Å²) in [4.78, 5) is 8.62. The van der Waals surface area contributed by atoms with Crippen LogP contribution >= 0.6 is 0 Å². The van der Waals surface area contributed by atoms with Crippen molar-refractivity contribution >= 4 is 5.78 Å². The van der Waals surface area contributed by atoms with E-state index in [4.69, 9.17) is 9.47 Å². The Hall–Kier alpha value is -3.48. The quantitative estimate of drug-likeness (QED) is 0.551. The average Bonchev–Trinajstić information content (AvgIpc) is 3.10. The topological polar surface area (TPSA) is 61.5 Å². The van der Waals surface area contributed by atoms with Gasteiger partial charge in [0, 0.05) is 17.8 Å². The first-order chi connectivity index (χ1) is 12.7. The van der Waals surface area contributed by atoms with Gasteiger partial charge in [-0.3, -0.25) is 0 Å². The van der Waals surface area contributed by atoms with Crippen molar-refractivity contribution in [3.63, 3.8) is 0 Å². The van der Waals surface area contributed by atoms with Gasteiger partial charge in [0.15, 0.2) is 5.82 Å². The fraction of sp³-hybridized carbons (Fsp3) is 0.105. The molecule has 0 unspecified atom stereocenters. The Morgan fingerprint density at radius 1 is 1.08 bits per heavy atom. The zero-order valence-electron chi connectivity index (χ0n) is 14.0. The molecule has 26 heavy (non-hydrogen) atoms. The Morgan fingerprint density at radius 3 is 2.73 bits per heavy atom. The molecule has 0 saturated carbocycles. The molecule has 0 fully saturated rings. The van der Waals surface area contributed by atoms with E-state index in [1.54, 1.807) is 22.8 Å². The van der Waals surface area contributed by atoms with Crippen molar-refractivity contribution in [3.05, 3.63) is 72.4 Å². The molecule has 0 atom stereocenters. The lowest BCUT2D eigenvalue weighted by Crippen LogP contribution is -2.00. The molecule has 0 spiro atoms. The Labute approximate surface area is 148 Å². The van der Waals surface area contributed by atoms with Crippen LogP contribution in [0.4, 0.5) is 4.39 Å². The number of aromatic nitrogens is 4. The van der Waals surface area contributed by atoms with E-state index >= 15 is 0 Å². The average molecular weight is 350 g/mol. The number of methoxy groups -OCH3 is 1. The number of benzene rings is 2. The van der Waals surface area contributed by atoms with Crippen LogP contribution < -0.4 is 9.47 Å². The molecular weight excluding hydrogens is 335 g/mol. The van der Waals surface area contributed by atoms with Crippen molar-refractivity contribution in [1.29, 1.82) is 0 Å². The Bertz CT molecular complexity index is 1050. The molecule has 0 N–H and O–H groups in total. The summed E-state index contributed by atoms with van der Waals surface area (Å²) in [6.07, 6.45) is 1.63. The number of hydrogen-bond donors (Lipinski definition) is 0. The SMILES string of the molecule is COc1cc(F)ccc1-c1ccnc2nc(COc3ccccc3)nn12. The third kappa shape index (κ3) is 3.06. The van der Waals surface area contributed by atoms with E-state index in [0.29, 0.717) is 28.6 Å². The fourth-order valence-electron chi connectivity index (χ4n) is 2.64. The predicted octanol–water partition coefficient (Wildman–Crippen LogP) is 3.52. The van der Waals surface area contributed by atoms with Crippen LogP contribution in [0.3, 0.4) is 0 Å². The predicted molar refractivity (Wildman–Crippen MR) is 93.5 cm³/mol. The molecular formula is C19H15FN4O2. The third-order valence-electron chi connectivity index (χ3n) is 3.84. The van der Waals surface area contributed by atoms with Crippen LogP contribution in [0.25, 0.3) is 17.0 Å². The first kappa shape index (κ1) is 16.0. The summed E-state index contributed by atoms with van der Waals surface area (Å²) in [6, 6.07) is 15.6. The second-order valence-electron chi connectivity index (χ2n) is 5.52. The van der Waals surface area contributed by atoms with E-state index in [0.717, 1.165) is 5.75 Å². The molecule has 0 aliphatic heterocycles. The number of hydrogen-bond acceptors (Lipinski definition) is 5. The molecule has 4 rings (SSSR count). The summed E-state index contributed by atoms with van der Waals surface area (Å²) >= 11 is 0. The lowest BCUT2D eigenvalue weighted by molar-refractivity contribution is 0.296. The van der Waals surface area contributed by atoms with Crippen LogP contribution in [-0.2, 0) is 6.61 Å². The zero-order valence-corrected chi connectivity index (χ0v) is 14.0. The minimum absolute atomic E-state index is 0.216. The normalized spacial score (nSPS) is 10.8. The van der Waals surface area contributed by atoms with Crippen LogP contribution in [-0.4, -0.2) is 26.7 Å². The highest BCUT2D eigenvalue weighted by molar-refractivity contribution is 5.68. The largest absolute Gasteiger partial charge is 0.496 e. The van der Waals surface area contributed by atoms with Crippen molar-refractivity contribution in [2.24, 2.45) is 0 Å². The molecule has 0 bridgehead atoms. The van der Waals surface area contributed by atoms with Gasteiger partial charge in [-0.2, -0.15) is 9.50 Å². The number of rotatable bonds is 5. The van der Waals surface area contributed by atoms with Gasteiger partial charge in [-0.15, -0.1) is 5.10 Å². The van der Waals surface area contributed by atoms with Gasteiger partial charge in [0.25, 0.3) is 5.78 Å². The van der Waals surface area contributed by atoms with Crippen molar-refractivity contribution in [2.45, 2.75) is 6.61 Å². The maximum Gasteiger partial charge on any atom is 0.253 e. The van der Waals surface area contributed by atoms with E-state index in [-0.39, 0.29) is 12.4 Å². The molecule has 0 saturated heterocycles. The molecule has 0 aliphatic rings. The summed E-state index contributed by atoms with van der Waals surface area (Å²) in [5.41, 5.74) is 1.40. The summed E-state index contributed by atoms with van der Waals surface area (Å²) in [5, 5.41) is 4.47. The highest BCUT2D eigenvalue weighted by atomic mass is 19.1. The first-order valence-electron chi connectivity index (χ1n) is 7.97. The van der Waals surface area contributed by atoms with Crippen LogP contribution in [0.5, 0.6) is 11.5 Å². The highest BCUT2D eigenvalue weighted by Gasteiger charge is 2.14. The molecule has 0 amide bonds. The molecule has 7 heteroatoms. The monoisotopic (exact) mass is 350 g/mol. The lowest BCUT2D eigenvalue weighted by Gasteiger charge is -2.09. The van der Waals surface area contributed by atoms with Crippen LogP contribution in [0.2, 0.25) is 0 Å². The second kappa shape index (κ2) is 6.79. The van der Waals surface area contributed by atoms with Crippen LogP contribution in [0.1, 0.15) is 5.82 Å². The van der Waals surface area contributed by atoms with Gasteiger partial charge in [-0.1, -0.05) is 18.2 Å². The molecule has 0 radical (unpaired) electrons. The van der Waals surface area contributed by atoms with Gasteiger partial charge in [0.05, 0.1) is 12.8 Å². The molecule has 4 aromatic rings. The molecule has 2 heterocycles. The van der Waals surface area contributed by atoms with Gasteiger partial charge in [-0.25, -0.2) is 9.37 Å². The standard InChI is InChI=1S/C19H15FN4O2/c1-25-17-11-13(20)7-8-15(17)16-9-10-21-19-22-18(23-24(16)19)12-26-14-5-3-2-4-6-14/h2-11H,12H2,1H3. The Balaban J connectivity index is 1.70. The van der Waals surface area contributed by atoms with Crippen molar-refractivity contribution in [2.75, 3.05) is 7.11 Å². The molecule has 2 aromatic heterocycles. The van der Waals surface area contributed by atoms with E-state index in [1.165, 1.54) is 19.2 Å². The second-order valence-corrected chi connectivity index (χ2v) is 5.52. The molecule has 6 nitrogen and oxygen atoms in total. The summed E-state index contributed by atoms with van der Waals surface area (Å²) in [6.45, 7) is 0.216. The number of ether oxygens (including phenoxy) is 2. The lowest BCUT2D eigenvalue weighted by atomic mass is 10.1. The fourth-order valence-corrected chi connectivity index (χ4v) is 2.64. The van der Waals surface area contributed by atoms with Gasteiger partial charge in [0.1, 0.15) is 23.9 Å². The van der Waals surface area contributed by atoms with Gasteiger partial charge >= 0.3 is 0 Å². The third-order valence-corrected chi connectivity index (χ3v) is 3.84. The summed E-state index contributed by atoms with van der Waals surface area (Å²) in [7, 11) is 1.50. The zero-order chi connectivity index (χ0) is 17.9. The van der Waals surface area contributed by atoms with E-state index in [2.05, 4.69) is 15.1 Å². The summed E-state index contributed by atoms with van der Waals surface area (Å²) in [5.74, 6) is 1.71.